The molecule has 1 heterocycles. The van der Waals surface area contributed by atoms with Gasteiger partial charge in [-0.1, -0.05) is 12.1 Å². The van der Waals surface area contributed by atoms with Crippen molar-refractivity contribution in [2.75, 3.05) is 5.32 Å². The van der Waals surface area contributed by atoms with E-state index in [1.807, 2.05) is 0 Å². The molecule has 1 aromatic heterocycles. The molecule has 0 saturated heterocycles. The molecule has 6 heteroatoms. The molecule has 0 spiro atoms. The lowest BCUT2D eigenvalue weighted by Crippen LogP contribution is -2.37. The Hall–Kier alpha value is -2.47. The lowest BCUT2D eigenvalue weighted by Gasteiger charge is -2.11. The Morgan fingerprint density at radius 1 is 1.30 bits per heavy atom. The van der Waals surface area contributed by atoms with E-state index < -0.39 is 17.8 Å². The first-order valence-corrected chi connectivity index (χ1v) is 6.00. The average molecular weight is 275 g/mol. The third-order valence-corrected chi connectivity index (χ3v) is 2.71. The number of carbonyl (C=O) groups is 1. The minimum absolute atomic E-state index is 0.155. The molecular weight excluding hydrogens is 261 g/mol. The van der Waals surface area contributed by atoms with Crippen LogP contribution < -0.4 is 11.1 Å². The fourth-order valence-electron chi connectivity index (χ4n) is 1.65. The molecule has 1 atom stereocenters. The second-order valence-corrected chi connectivity index (χ2v) is 4.33. The van der Waals surface area contributed by atoms with Gasteiger partial charge in [-0.25, -0.2) is 9.37 Å². The summed E-state index contributed by atoms with van der Waals surface area (Å²) in [5.74, 6) is -0.478. The SMILES string of the molecule is NC(Cc1ccc(O)cc1)C(=O)Nc1ccc(F)cn1. The number of pyridine rings is 1. The smallest absolute Gasteiger partial charge is 0.242 e. The topological polar surface area (TPSA) is 88.2 Å². The highest BCUT2D eigenvalue weighted by Gasteiger charge is 2.14. The number of rotatable bonds is 4. The van der Waals surface area contributed by atoms with Crippen LogP contribution in [0.3, 0.4) is 0 Å². The molecule has 5 nitrogen and oxygen atoms in total. The minimum Gasteiger partial charge on any atom is -0.508 e. The first-order valence-electron chi connectivity index (χ1n) is 6.00. The maximum Gasteiger partial charge on any atom is 0.242 e. The van der Waals surface area contributed by atoms with E-state index >= 15 is 0 Å². The zero-order valence-electron chi connectivity index (χ0n) is 10.6. The van der Waals surface area contributed by atoms with Gasteiger partial charge in [-0.2, -0.15) is 0 Å². The number of phenols is 1. The van der Waals surface area contributed by atoms with Crippen LogP contribution >= 0.6 is 0 Å². The highest BCUT2D eigenvalue weighted by Crippen LogP contribution is 2.11. The van der Waals surface area contributed by atoms with Crippen molar-refractivity contribution < 1.29 is 14.3 Å². The van der Waals surface area contributed by atoms with Gasteiger partial charge in [0.1, 0.15) is 17.4 Å². The number of benzene rings is 1. The van der Waals surface area contributed by atoms with Crippen LogP contribution in [0, 0.1) is 5.82 Å². The predicted molar refractivity (Wildman–Crippen MR) is 72.6 cm³/mol. The van der Waals surface area contributed by atoms with E-state index in [1.165, 1.54) is 24.3 Å². The number of aromatic hydroxyl groups is 1. The number of anilines is 1. The first kappa shape index (κ1) is 14.0. The second kappa shape index (κ2) is 6.12. The molecular formula is C14H14FN3O2. The summed E-state index contributed by atoms with van der Waals surface area (Å²) in [6.07, 6.45) is 1.34. The summed E-state index contributed by atoms with van der Waals surface area (Å²) in [7, 11) is 0. The molecule has 2 aromatic rings. The van der Waals surface area contributed by atoms with E-state index in [0.717, 1.165) is 11.8 Å². The monoisotopic (exact) mass is 275 g/mol. The highest BCUT2D eigenvalue weighted by molar-refractivity contribution is 5.94. The zero-order chi connectivity index (χ0) is 14.5. The Labute approximate surface area is 115 Å². The van der Waals surface area contributed by atoms with Crippen molar-refractivity contribution in [3.05, 3.63) is 54.0 Å². The molecule has 1 unspecified atom stereocenters. The molecule has 2 rings (SSSR count). The summed E-state index contributed by atoms with van der Waals surface area (Å²) in [5, 5.41) is 11.7. The second-order valence-electron chi connectivity index (χ2n) is 4.33. The number of halogens is 1. The van der Waals surface area contributed by atoms with Gasteiger partial charge in [0, 0.05) is 0 Å². The van der Waals surface area contributed by atoms with Crippen LogP contribution in [0.2, 0.25) is 0 Å². The summed E-state index contributed by atoms with van der Waals surface area (Å²) in [6.45, 7) is 0. The number of carbonyl (C=O) groups excluding carboxylic acids is 1. The fourth-order valence-corrected chi connectivity index (χ4v) is 1.65. The zero-order valence-corrected chi connectivity index (χ0v) is 10.6. The molecule has 0 radical (unpaired) electrons. The molecule has 0 aliphatic heterocycles. The van der Waals surface area contributed by atoms with Crippen molar-refractivity contribution in [1.82, 2.24) is 4.98 Å². The van der Waals surface area contributed by atoms with Gasteiger partial charge in [0.25, 0.3) is 0 Å². The Balaban J connectivity index is 1.94. The van der Waals surface area contributed by atoms with E-state index in [0.29, 0.717) is 6.42 Å². The van der Waals surface area contributed by atoms with Gasteiger partial charge < -0.3 is 16.2 Å². The van der Waals surface area contributed by atoms with E-state index in [9.17, 15) is 9.18 Å². The third-order valence-electron chi connectivity index (χ3n) is 2.71. The number of nitrogens with one attached hydrogen (secondary N) is 1. The van der Waals surface area contributed by atoms with Gasteiger partial charge in [-0.3, -0.25) is 4.79 Å². The number of nitrogens with two attached hydrogens (primary N) is 1. The summed E-state index contributed by atoms with van der Waals surface area (Å²) in [6, 6.07) is 8.25. The normalized spacial score (nSPS) is 11.9. The van der Waals surface area contributed by atoms with Crippen LogP contribution in [0.25, 0.3) is 0 Å². The number of phenolic OH excluding ortho intramolecular Hbond substituents is 1. The van der Waals surface area contributed by atoms with Crippen LogP contribution in [0.15, 0.2) is 42.6 Å². The van der Waals surface area contributed by atoms with Crippen molar-refractivity contribution in [1.29, 1.82) is 0 Å². The maximum atomic E-state index is 12.7. The average Bonchev–Trinajstić information content (AvgIpc) is 2.44. The van der Waals surface area contributed by atoms with Crippen LogP contribution in [0.5, 0.6) is 5.75 Å². The summed E-state index contributed by atoms with van der Waals surface area (Å²) in [4.78, 5) is 15.6. The molecule has 0 saturated carbocycles. The molecule has 0 bridgehead atoms. The summed E-state index contributed by atoms with van der Waals surface area (Å²) in [5.41, 5.74) is 6.62. The Bertz CT molecular complexity index is 584. The summed E-state index contributed by atoms with van der Waals surface area (Å²) >= 11 is 0. The quantitative estimate of drug-likeness (QED) is 0.787. The van der Waals surface area contributed by atoms with Crippen molar-refractivity contribution in [2.24, 2.45) is 5.73 Å². The lowest BCUT2D eigenvalue weighted by atomic mass is 10.1. The van der Waals surface area contributed by atoms with Crippen LogP contribution in [0.4, 0.5) is 10.2 Å². The molecule has 0 aliphatic rings. The molecule has 0 aliphatic carbocycles. The van der Waals surface area contributed by atoms with E-state index in [2.05, 4.69) is 10.3 Å². The van der Waals surface area contributed by atoms with Crippen molar-refractivity contribution in [3.8, 4) is 5.75 Å². The van der Waals surface area contributed by atoms with Gasteiger partial charge >= 0.3 is 0 Å². The van der Waals surface area contributed by atoms with Crippen LogP contribution in [0.1, 0.15) is 5.56 Å². The van der Waals surface area contributed by atoms with Crippen molar-refractivity contribution in [3.63, 3.8) is 0 Å². The van der Waals surface area contributed by atoms with Gasteiger partial charge in [-0.15, -0.1) is 0 Å². The fraction of sp³-hybridized carbons (Fsp3) is 0.143. The van der Waals surface area contributed by atoms with E-state index in [-0.39, 0.29) is 11.6 Å². The van der Waals surface area contributed by atoms with Crippen molar-refractivity contribution in [2.45, 2.75) is 12.5 Å². The van der Waals surface area contributed by atoms with E-state index in [1.54, 1.807) is 12.1 Å². The van der Waals surface area contributed by atoms with Crippen molar-refractivity contribution >= 4 is 11.7 Å². The Morgan fingerprint density at radius 2 is 2.00 bits per heavy atom. The van der Waals surface area contributed by atoms with E-state index in [4.69, 9.17) is 10.8 Å². The Morgan fingerprint density at radius 3 is 2.60 bits per heavy atom. The van der Waals surface area contributed by atoms with Gasteiger partial charge in [0.15, 0.2) is 0 Å². The lowest BCUT2D eigenvalue weighted by molar-refractivity contribution is -0.117. The molecule has 0 fully saturated rings. The van der Waals surface area contributed by atoms with Crippen LogP contribution in [-0.2, 0) is 11.2 Å². The largest absolute Gasteiger partial charge is 0.508 e. The number of hydrogen-bond donors (Lipinski definition) is 3. The number of nitrogens with zero attached hydrogens (tertiary/aromatic N) is 1. The minimum atomic E-state index is -0.758. The van der Waals surface area contributed by atoms with Crippen LogP contribution in [-0.4, -0.2) is 22.0 Å². The van der Waals surface area contributed by atoms with Gasteiger partial charge in [0.2, 0.25) is 5.91 Å². The maximum absolute atomic E-state index is 12.7. The number of aromatic nitrogens is 1. The first-order chi connectivity index (χ1) is 9.54. The standard InChI is InChI=1S/C14H14FN3O2/c15-10-3-6-13(17-8-10)18-14(20)12(16)7-9-1-4-11(19)5-2-9/h1-6,8,12,19H,7,16H2,(H,17,18,20). The number of amides is 1. The predicted octanol–water partition coefficient (Wildman–Crippen LogP) is 1.43. The Kier molecular flexibility index (Phi) is 4.27. The third kappa shape index (κ3) is 3.76. The molecule has 20 heavy (non-hydrogen) atoms. The molecule has 104 valence electrons. The number of hydrogen-bond acceptors (Lipinski definition) is 4. The van der Waals surface area contributed by atoms with Gasteiger partial charge in [-0.05, 0) is 36.2 Å². The highest BCUT2D eigenvalue weighted by atomic mass is 19.1. The molecule has 4 N–H and O–H groups in total. The summed E-state index contributed by atoms with van der Waals surface area (Å²) < 4.78 is 12.7. The molecule has 1 amide bonds. The van der Waals surface area contributed by atoms with Gasteiger partial charge in [0.05, 0.1) is 12.2 Å². The molecule has 1 aromatic carbocycles.